The molecule has 0 fully saturated rings. The number of thioether (sulfide) groups is 1. The molecule has 2 aromatic carbocycles. The Kier molecular flexibility index (Phi) is 5.30. The van der Waals surface area contributed by atoms with Gasteiger partial charge in [0.1, 0.15) is 0 Å². The Morgan fingerprint density at radius 1 is 0.920 bits per heavy atom. The van der Waals surface area contributed by atoms with Crippen LogP contribution in [-0.2, 0) is 9.59 Å². The highest BCUT2D eigenvalue weighted by Gasteiger charge is 2.06. The van der Waals surface area contributed by atoms with Crippen LogP contribution in [0.2, 0.25) is 0 Å². The number of hydrogen-bond acceptors (Lipinski definition) is 4. The Morgan fingerprint density at radius 3 is 2.32 bits per heavy atom. The molecular formula is C19H17N3O2S. The van der Waals surface area contributed by atoms with Crippen molar-refractivity contribution in [2.45, 2.75) is 11.9 Å². The number of pyridine rings is 1. The van der Waals surface area contributed by atoms with E-state index in [2.05, 4.69) is 15.6 Å². The summed E-state index contributed by atoms with van der Waals surface area (Å²) in [5.74, 6) is 0.0435. The first-order valence-electron chi connectivity index (χ1n) is 7.76. The minimum Gasteiger partial charge on any atom is -0.326 e. The molecule has 0 aliphatic heterocycles. The number of nitrogens with zero attached hydrogens (tertiary/aromatic N) is 1. The largest absolute Gasteiger partial charge is 0.326 e. The van der Waals surface area contributed by atoms with Crippen molar-refractivity contribution in [3.63, 3.8) is 0 Å². The first-order chi connectivity index (χ1) is 12.1. The van der Waals surface area contributed by atoms with E-state index in [0.717, 1.165) is 15.9 Å². The molecule has 0 unspecified atom stereocenters. The van der Waals surface area contributed by atoms with E-state index in [-0.39, 0.29) is 17.6 Å². The van der Waals surface area contributed by atoms with Crippen LogP contribution in [0.4, 0.5) is 11.4 Å². The van der Waals surface area contributed by atoms with Crippen LogP contribution in [0.3, 0.4) is 0 Å². The van der Waals surface area contributed by atoms with E-state index in [0.29, 0.717) is 11.4 Å². The molecule has 25 heavy (non-hydrogen) atoms. The topological polar surface area (TPSA) is 71.1 Å². The predicted octanol–water partition coefficient (Wildman–Crippen LogP) is 3.92. The van der Waals surface area contributed by atoms with Gasteiger partial charge >= 0.3 is 0 Å². The number of amides is 2. The third-order valence-electron chi connectivity index (χ3n) is 3.41. The molecule has 2 N–H and O–H groups in total. The van der Waals surface area contributed by atoms with Gasteiger partial charge in [0.05, 0.1) is 16.3 Å². The second-order valence-corrected chi connectivity index (χ2v) is 6.43. The molecule has 0 radical (unpaired) electrons. The van der Waals surface area contributed by atoms with Gasteiger partial charge in [-0.1, -0.05) is 36.0 Å². The number of hydrogen-bond donors (Lipinski definition) is 2. The SMILES string of the molecule is CC(=O)Nc1ccc(NC(=O)CSc2ccc3ccccc3n2)cc1. The van der Waals surface area contributed by atoms with Crippen molar-refractivity contribution in [1.82, 2.24) is 4.98 Å². The number of nitrogens with one attached hydrogen (secondary N) is 2. The normalized spacial score (nSPS) is 10.4. The van der Waals surface area contributed by atoms with Crippen molar-refractivity contribution in [2.24, 2.45) is 0 Å². The number of carbonyl (C=O) groups excluding carboxylic acids is 2. The maximum atomic E-state index is 12.1. The standard InChI is InChI=1S/C19H17N3O2S/c1-13(23)20-15-7-9-16(10-8-15)21-18(24)12-25-19-11-6-14-4-2-3-5-17(14)22-19/h2-11H,12H2,1H3,(H,20,23)(H,21,24). The van der Waals surface area contributed by atoms with Gasteiger partial charge in [0, 0.05) is 23.7 Å². The van der Waals surface area contributed by atoms with Gasteiger partial charge in [-0.05, 0) is 36.4 Å². The lowest BCUT2D eigenvalue weighted by Crippen LogP contribution is -2.14. The maximum absolute atomic E-state index is 12.1. The summed E-state index contributed by atoms with van der Waals surface area (Å²) >= 11 is 1.39. The molecule has 1 aromatic heterocycles. The summed E-state index contributed by atoms with van der Waals surface area (Å²) in [5, 5.41) is 7.41. The van der Waals surface area contributed by atoms with Crippen LogP contribution in [0.5, 0.6) is 0 Å². The lowest BCUT2D eigenvalue weighted by molar-refractivity contribution is -0.114. The van der Waals surface area contributed by atoms with E-state index in [4.69, 9.17) is 0 Å². The van der Waals surface area contributed by atoms with Gasteiger partial charge in [0.15, 0.2) is 0 Å². The van der Waals surface area contributed by atoms with Crippen molar-refractivity contribution >= 4 is 45.9 Å². The zero-order chi connectivity index (χ0) is 17.6. The van der Waals surface area contributed by atoms with Crippen LogP contribution in [-0.4, -0.2) is 22.6 Å². The summed E-state index contributed by atoms with van der Waals surface area (Å²) in [7, 11) is 0. The van der Waals surface area contributed by atoms with Gasteiger partial charge in [-0.3, -0.25) is 9.59 Å². The molecule has 0 saturated heterocycles. The Bertz CT molecular complexity index is 910. The molecule has 126 valence electrons. The Morgan fingerprint density at radius 2 is 1.60 bits per heavy atom. The number of benzene rings is 2. The Hall–Kier alpha value is -2.86. The summed E-state index contributed by atoms with van der Waals surface area (Å²) in [6.45, 7) is 1.45. The van der Waals surface area contributed by atoms with E-state index >= 15 is 0 Å². The first kappa shape index (κ1) is 17.0. The van der Waals surface area contributed by atoms with E-state index < -0.39 is 0 Å². The lowest BCUT2D eigenvalue weighted by Gasteiger charge is -2.07. The molecule has 0 aliphatic carbocycles. The van der Waals surface area contributed by atoms with Gasteiger partial charge in [-0.15, -0.1) is 0 Å². The van der Waals surface area contributed by atoms with Crippen LogP contribution in [0.15, 0.2) is 65.7 Å². The molecule has 2 amide bonds. The van der Waals surface area contributed by atoms with Crippen LogP contribution in [0.1, 0.15) is 6.92 Å². The average Bonchev–Trinajstić information content (AvgIpc) is 2.61. The smallest absolute Gasteiger partial charge is 0.234 e. The monoisotopic (exact) mass is 351 g/mol. The second-order valence-electron chi connectivity index (χ2n) is 5.44. The Labute approximate surface area is 149 Å². The third-order valence-corrected chi connectivity index (χ3v) is 4.34. The summed E-state index contributed by atoms with van der Waals surface area (Å²) in [6.07, 6.45) is 0. The number of carbonyl (C=O) groups is 2. The number of para-hydroxylation sites is 1. The summed E-state index contributed by atoms with van der Waals surface area (Å²) < 4.78 is 0. The fourth-order valence-corrected chi connectivity index (χ4v) is 2.98. The number of aromatic nitrogens is 1. The summed E-state index contributed by atoms with van der Waals surface area (Å²) in [5.41, 5.74) is 2.30. The van der Waals surface area contributed by atoms with Crippen LogP contribution < -0.4 is 10.6 Å². The van der Waals surface area contributed by atoms with E-state index in [1.165, 1.54) is 18.7 Å². The maximum Gasteiger partial charge on any atom is 0.234 e. The summed E-state index contributed by atoms with van der Waals surface area (Å²) in [6, 6.07) is 18.8. The second kappa shape index (κ2) is 7.81. The molecule has 0 atom stereocenters. The quantitative estimate of drug-likeness (QED) is 0.684. The summed E-state index contributed by atoms with van der Waals surface area (Å²) in [4.78, 5) is 27.6. The molecule has 3 aromatic rings. The first-order valence-corrected chi connectivity index (χ1v) is 8.75. The van der Waals surface area contributed by atoms with Gasteiger partial charge in [-0.25, -0.2) is 4.98 Å². The van der Waals surface area contributed by atoms with Gasteiger partial charge < -0.3 is 10.6 Å². The van der Waals surface area contributed by atoms with Crippen LogP contribution >= 0.6 is 11.8 Å². The average molecular weight is 351 g/mol. The van der Waals surface area contributed by atoms with Gasteiger partial charge in [-0.2, -0.15) is 0 Å². The molecular weight excluding hydrogens is 334 g/mol. The van der Waals surface area contributed by atoms with Crippen molar-refractivity contribution in [1.29, 1.82) is 0 Å². The minimum absolute atomic E-state index is 0.104. The number of rotatable bonds is 5. The lowest BCUT2D eigenvalue weighted by atomic mass is 10.2. The molecule has 1 heterocycles. The van der Waals surface area contributed by atoms with E-state index in [1.54, 1.807) is 24.3 Å². The molecule has 6 heteroatoms. The van der Waals surface area contributed by atoms with Crippen molar-refractivity contribution in [3.05, 3.63) is 60.7 Å². The molecule has 0 saturated carbocycles. The fourth-order valence-electron chi connectivity index (χ4n) is 2.30. The highest BCUT2D eigenvalue weighted by molar-refractivity contribution is 7.99. The van der Waals surface area contributed by atoms with Crippen molar-refractivity contribution in [2.75, 3.05) is 16.4 Å². The molecule has 3 rings (SSSR count). The zero-order valence-electron chi connectivity index (χ0n) is 13.7. The molecule has 0 spiro atoms. The van der Waals surface area contributed by atoms with E-state index in [9.17, 15) is 9.59 Å². The molecule has 0 bridgehead atoms. The van der Waals surface area contributed by atoms with Crippen LogP contribution in [0.25, 0.3) is 10.9 Å². The van der Waals surface area contributed by atoms with Crippen LogP contribution in [0, 0.1) is 0 Å². The number of anilines is 2. The van der Waals surface area contributed by atoms with E-state index in [1.807, 2.05) is 36.4 Å². The molecule has 0 aliphatic rings. The highest BCUT2D eigenvalue weighted by Crippen LogP contribution is 2.20. The van der Waals surface area contributed by atoms with Gasteiger partial charge in [0.2, 0.25) is 11.8 Å². The Balaban J connectivity index is 1.55. The minimum atomic E-state index is -0.129. The third kappa shape index (κ3) is 4.81. The zero-order valence-corrected chi connectivity index (χ0v) is 14.5. The predicted molar refractivity (Wildman–Crippen MR) is 102 cm³/mol. The number of fused-ring (bicyclic) bond motifs is 1. The van der Waals surface area contributed by atoms with Crippen molar-refractivity contribution in [3.8, 4) is 0 Å². The fraction of sp³-hybridized carbons (Fsp3) is 0.105. The van der Waals surface area contributed by atoms with Gasteiger partial charge in [0.25, 0.3) is 0 Å². The molecule has 5 nitrogen and oxygen atoms in total. The van der Waals surface area contributed by atoms with Crippen molar-refractivity contribution < 1.29 is 9.59 Å². The highest BCUT2D eigenvalue weighted by atomic mass is 32.2.